The van der Waals surface area contributed by atoms with E-state index in [9.17, 15) is 9.90 Å². The largest absolute Gasteiger partial charge is 0.507 e. The fourth-order valence-electron chi connectivity index (χ4n) is 2.91. The molecule has 1 aromatic heterocycles. The van der Waals surface area contributed by atoms with Gasteiger partial charge in [0.2, 0.25) is 0 Å². The molecule has 3 rings (SSSR count). The number of anilines is 1. The summed E-state index contributed by atoms with van der Waals surface area (Å²) in [5.74, 6) is 5.66. The van der Waals surface area contributed by atoms with Crippen molar-refractivity contribution in [2.75, 3.05) is 5.32 Å². The third-order valence-corrected chi connectivity index (χ3v) is 4.23. The van der Waals surface area contributed by atoms with Crippen molar-refractivity contribution >= 4 is 16.6 Å². The Kier molecular flexibility index (Phi) is 4.01. The van der Waals surface area contributed by atoms with Crippen molar-refractivity contribution in [1.82, 2.24) is 9.99 Å². The number of nitrogens with one attached hydrogen (secondary N) is 2. The van der Waals surface area contributed by atoms with Crippen LogP contribution in [0.25, 0.3) is 10.9 Å². The number of para-hydroxylation sites is 2. The van der Waals surface area contributed by atoms with Gasteiger partial charge in [0.1, 0.15) is 17.0 Å². The fourth-order valence-corrected chi connectivity index (χ4v) is 2.91. The molecular formula is C18H20N4O2. The predicted octanol–water partition coefficient (Wildman–Crippen LogP) is 1.99. The topological polar surface area (TPSA) is 92.3 Å². The minimum absolute atomic E-state index is 0.0856. The van der Waals surface area contributed by atoms with E-state index in [1.54, 1.807) is 26.1 Å². The minimum Gasteiger partial charge on any atom is -0.507 e. The molecule has 1 atom stereocenters. The highest BCUT2D eigenvalue weighted by molar-refractivity contribution is 5.86. The van der Waals surface area contributed by atoms with Crippen LogP contribution < -0.4 is 22.1 Å². The van der Waals surface area contributed by atoms with Gasteiger partial charge in [0.15, 0.2) is 0 Å². The molecule has 2 aromatic carbocycles. The number of nitrogens with zero attached hydrogens (tertiary/aromatic N) is 1. The zero-order valence-electron chi connectivity index (χ0n) is 13.6. The van der Waals surface area contributed by atoms with Crippen molar-refractivity contribution in [3.05, 3.63) is 70.5 Å². The van der Waals surface area contributed by atoms with E-state index in [1.807, 2.05) is 42.5 Å². The summed E-state index contributed by atoms with van der Waals surface area (Å²) in [7, 11) is 1.67. The molecule has 6 heteroatoms. The monoisotopic (exact) mass is 324 g/mol. The van der Waals surface area contributed by atoms with Gasteiger partial charge in [-0.3, -0.25) is 10.6 Å². The highest BCUT2D eigenvalue weighted by atomic mass is 16.3. The number of fused-ring (bicyclic) bond motifs is 1. The third-order valence-electron chi connectivity index (χ3n) is 4.23. The molecular weight excluding hydrogens is 304 g/mol. The van der Waals surface area contributed by atoms with Crippen molar-refractivity contribution in [2.24, 2.45) is 12.9 Å². The number of hydrogen-bond donors (Lipinski definition) is 4. The molecule has 0 fully saturated rings. The van der Waals surface area contributed by atoms with Gasteiger partial charge >= 0.3 is 0 Å². The lowest BCUT2D eigenvalue weighted by molar-refractivity contribution is 0.389. The zero-order valence-corrected chi connectivity index (χ0v) is 13.6. The molecule has 0 saturated heterocycles. The van der Waals surface area contributed by atoms with E-state index in [4.69, 9.17) is 5.84 Å². The van der Waals surface area contributed by atoms with Gasteiger partial charge in [0.25, 0.3) is 5.56 Å². The third kappa shape index (κ3) is 2.51. The molecule has 0 amide bonds. The van der Waals surface area contributed by atoms with Crippen LogP contribution in [0.3, 0.4) is 0 Å². The Hall–Kier alpha value is -2.83. The molecule has 0 radical (unpaired) electrons. The van der Waals surface area contributed by atoms with Crippen LogP contribution >= 0.6 is 0 Å². The Morgan fingerprint density at radius 2 is 1.71 bits per heavy atom. The molecule has 0 unspecified atom stereocenters. The smallest absolute Gasteiger partial charge is 0.261 e. The summed E-state index contributed by atoms with van der Waals surface area (Å²) < 4.78 is 1.51. The molecule has 0 aliphatic heterocycles. The standard InChI is InChI=1S/C18H20N4O2/c1-18(21-19,20-12-8-4-3-5-9-12)15-16(23)13-10-6-7-11-14(13)22(2)17(15)24/h3-11,20-21,23H,19H2,1-2H3/t18-/m1/s1. The Labute approximate surface area is 139 Å². The molecule has 6 nitrogen and oxygen atoms in total. The van der Waals surface area contributed by atoms with Crippen LogP contribution in [-0.4, -0.2) is 9.67 Å². The minimum atomic E-state index is -1.15. The first kappa shape index (κ1) is 16.0. The summed E-state index contributed by atoms with van der Waals surface area (Å²) in [5, 5.41) is 14.5. The van der Waals surface area contributed by atoms with Gasteiger partial charge in [-0.15, -0.1) is 0 Å². The van der Waals surface area contributed by atoms with Crippen molar-refractivity contribution in [2.45, 2.75) is 12.6 Å². The van der Waals surface area contributed by atoms with E-state index in [-0.39, 0.29) is 16.9 Å². The number of hydrogen-bond acceptors (Lipinski definition) is 5. The maximum absolute atomic E-state index is 12.9. The number of benzene rings is 2. The van der Waals surface area contributed by atoms with E-state index in [0.717, 1.165) is 5.69 Å². The van der Waals surface area contributed by atoms with E-state index < -0.39 is 5.66 Å². The van der Waals surface area contributed by atoms with Gasteiger partial charge in [0.05, 0.1) is 5.52 Å². The van der Waals surface area contributed by atoms with Crippen LogP contribution in [0.4, 0.5) is 5.69 Å². The first-order valence-corrected chi connectivity index (χ1v) is 7.60. The highest BCUT2D eigenvalue weighted by Gasteiger charge is 2.33. The molecule has 0 bridgehead atoms. The molecule has 24 heavy (non-hydrogen) atoms. The number of pyridine rings is 1. The van der Waals surface area contributed by atoms with E-state index in [2.05, 4.69) is 10.7 Å². The van der Waals surface area contributed by atoms with Crippen LogP contribution in [0, 0.1) is 0 Å². The molecule has 124 valence electrons. The van der Waals surface area contributed by atoms with Gasteiger partial charge in [-0.25, -0.2) is 5.43 Å². The molecule has 0 aliphatic carbocycles. The van der Waals surface area contributed by atoms with Crippen LogP contribution in [0.2, 0.25) is 0 Å². The second-order valence-electron chi connectivity index (χ2n) is 5.87. The predicted molar refractivity (Wildman–Crippen MR) is 95.6 cm³/mol. The summed E-state index contributed by atoms with van der Waals surface area (Å²) in [4.78, 5) is 12.9. The van der Waals surface area contributed by atoms with Crippen LogP contribution in [0.1, 0.15) is 12.5 Å². The molecule has 3 aromatic rings. The Balaban J connectivity index is 2.25. The molecule has 0 spiro atoms. The van der Waals surface area contributed by atoms with Crippen LogP contribution in [0.15, 0.2) is 59.4 Å². The highest BCUT2D eigenvalue weighted by Crippen LogP contribution is 2.32. The number of hydrazine groups is 1. The lowest BCUT2D eigenvalue weighted by Gasteiger charge is -2.32. The van der Waals surface area contributed by atoms with Gasteiger partial charge < -0.3 is 15.0 Å². The van der Waals surface area contributed by atoms with E-state index in [1.165, 1.54) is 4.57 Å². The Morgan fingerprint density at radius 3 is 2.38 bits per heavy atom. The Morgan fingerprint density at radius 1 is 1.08 bits per heavy atom. The normalized spacial score (nSPS) is 13.6. The quantitative estimate of drug-likeness (QED) is 0.335. The van der Waals surface area contributed by atoms with Gasteiger partial charge in [0, 0.05) is 18.1 Å². The second-order valence-corrected chi connectivity index (χ2v) is 5.87. The first-order valence-electron chi connectivity index (χ1n) is 7.60. The summed E-state index contributed by atoms with van der Waals surface area (Å²) >= 11 is 0. The molecule has 0 aliphatic rings. The van der Waals surface area contributed by atoms with Gasteiger partial charge in [-0.2, -0.15) is 0 Å². The van der Waals surface area contributed by atoms with Crippen molar-refractivity contribution < 1.29 is 5.11 Å². The fraction of sp³-hybridized carbons (Fsp3) is 0.167. The summed E-state index contributed by atoms with van der Waals surface area (Å²) in [5.41, 5.74) is 2.75. The molecule has 1 heterocycles. The van der Waals surface area contributed by atoms with E-state index >= 15 is 0 Å². The van der Waals surface area contributed by atoms with Crippen LogP contribution in [0.5, 0.6) is 5.75 Å². The average molecular weight is 324 g/mol. The summed E-state index contributed by atoms with van der Waals surface area (Å²) in [6, 6.07) is 16.6. The number of aromatic hydroxyl groups is 1. The average Bonchev–Trinajstić information content (AvgIpc) is 2.61. The van der Waals surface area contributed by atoms with Gasteiger partial charge in [-0.05, 0) is 31.2 Å². The molecule has 5 N–H and O–H groups in total. The second kappa shape index (κ2) is 5.99. The van der Waals surface area contributed by atoms with E-state index in [0.29, 0.717) is 10.9 Å². The molecule has 0 saturated carbocycles. The van der Waals surface area contributed by atoms with Crippen molar-refractivity contribution in [3.8, 4) is 5.75 Å². The first-order chi connectivity index (χ1) is 11.5. The number of rotatable bonds is 4. The zero-order chi connectivity index (χ0) is 17.3. The Bertz CT molecular complexity index is 937. The summed E-state index contributed by atoms with van der Waals surface area (Å²) in [6.45, 7) is 1.71. The lowest BCUT2D eigenvalue weighted by Crippen LogP contribution is -2.53. The summed E-state index contributed by atoms with van der Waals surface area (Å²) in [6.07, 6.45) is 0. The number of aromatic nitrogens is 1. The number of nitrogens with two attached hydrogens (primary N) is 1. The van der Waals surface area contributed by atoms with Crippen molar-refractivity contribution in [3.63, 3.8) is 0 Å². The van der Waals surface area contributed by atoms with Crippen molar-refractivity contribution in [1.29, 1.82) is 0 Å². The lowest BCUT2D eigenvalue weighted by atomic mass is 9.99. The van der Waals surface area contributed by atoms with Crippen LogP contribution in [-0.2, 0) is 12.7 Å². The maximum atomic E-state index is 12.9. The maximum Gasteiger partial charge on any atom is 0.261 e. The van der Waals surface area contributed by atoms with Gasteiger partial charge in [-0.1, -0.05) is 30.3 Å². The number of aryl methyl sites for hydroxylation is 1. The SMILES string of the molecule is Cn1c(=O)c([C@@](C)(NN)Nc2ccccc2)c(O)c2ccccc21.